The molecule has 0 aromatic carbocycles. The second-order valence-electron chi connectivity index (χ2n) is 6.79. The lowest BCUT2D eigenvalue weighted by Crippen LogP contribution is -2.56. The molecule has 0 atom stereocenters. The van der Waals surface area contributed by atoms with Crippen molar-refractivity contribution in [3.8, 4) is 0 Å². The van der Waals surface area contributed by atoms with Crippen LogP contribution in [0.5, 0.6) is 0 Å². The molecule has 0 radical (unpaired) electrons. The molecule has 1 amide bonds. The fourth-order valence-corrected chi connectivity index (χ4v) is 4.77. The van der Waals surface area contributed by atoms with Crippen LogP contribution < -0.4 is 5.32 Å². The van der Waals surface area contributed by atoms with Crippen LogP contribution in [0.3, 0.4) is 0 Å². The summed E-state index contributed by atoms with van der Waals surface area (Å²) in [6.45, 7) is -1.69. The molecule has 0 saturated heterocycles. The van der Waals surface area contributed by atoms with Crippen LogP contribution >= 0.6 is 0 Å². The molecule has 126 valence electrons. The predicted octanol–water partition coefficient (Wildman–Crippen LogP) is 2.02. The first-order valence-electron chi connectivity index (χ1n) is 7.44. The van der Waals surface area contributed by atoms with Gasteiger partial charge in [0, 0.05) is 6.04 Å². The molecule has 0 aliphatic heterocycles. The zero-order valence-corrected chi connectivity index (χ0v) is 12.7. The van der Waals surface area contributed by atoms with Crippen molar-refractivity contribution in [3.63, 3.8) is 0 Å². The zero-order valence-electron chi connectivity index (χ0n) is 11.9. The summed E-state index contributed by atoms with van der Waals surface area (Å²) in [6.07, 6.45) is 4.36. The van der Waals surface area contributed by atoms with E-state index in [1.807, 2.05) is 0 Å². The van der Waals surface area contributed by atoms with Crippen LogP contribution in [0.4, 0.5) is 13.6 Å². The van der Waals surface area contributed by atoms with Crippen LogP contribution in [-0.2, 0) is 14.9 Å². The van der Waals surface area contributed by atoms with Crippen molar-refractivity contribution in [2.75, 3.05) is 6.61 Å². The fraction of sp³-hybridized carbons (Fsp3) is 0.923. The maximum Gasteiger partial charge on any atom is 0.407 e. The normalized spacial score (nSPS) is 37.1. The summed E-state index contributed by atoms with van der Waals surface area (Å²) in [5.74, 6) is 2.12. The van der Waals surface area contributed by atoms with Crippen LogP contribution in [0.1, 0.15) is 32.1 Å². The summed E-state index contributed by atoms with van der Waals surface area (Å²) in [7, 11) is -5.59. The molecule has 0 aromatic heterocycles. The molecule has 2 N–H and O–H groups in total. The predicted molar refractivity (Wildman–Crippen MR) is 71.8 cm³/mol. The maximum atomic E-state index is 13.0. The Balaban J connectivity index is 1.54. The largest absolute Gasteiger partial charge is 0.442 e. The molecule has 6 nitrogen and oxygen atoms in total. The van der Waals surface area contributed by atoms with Gasteiger partial charge in [-0.25, -0.2) is 4.79 Å². The van der Waals surface area contributed by atoms with E-state index in [4.69, 9.17) is 4.55 Å². The van der Waals surface area contributed by atoms with Crippen molar-refractivity contribution >= 4 is 16.2 Å². The van der Waals surface area contributed by atoms with E-state index in [0.717, 1.165) is 25.7 Å². The number of nitrogens with one attached hydrogen (secondary N) is 1. The average Bonchev–Trinajstić information content (AvgIpc) is 2.38. The molecule has 4 aliphatic carbocycles. The zero-order chi connectivity index (χ0) is 16.1. The summed E-state index contributed by atoms with van der Waals surface area (Å²) in [5.41, 5.74) is 0. The first kappa shape index (κ1) is 15.9. The Kier molecular flexibility index (Phi) is 3.83. The maximum absolute atomic E-state index is 13.0. The van der Waals surface area contributed by atoms with Crippen LogP contribution in [0.25, 0.3) is 0 Å². The lowest BCUT2D eigenvalue weighted by molar-refractivity contribution is -0.0222. The van der Waals surface area contributed by atoms with Crippen LogP contribution in [0, 0.1) is 23.7 Å². The summed E-state index contributed by atoms with van der Waals surface area (Å²) >= 11 is 0. The summed E-state index contributed by atoms with van der Waals surface area (Å²) in [4.78, 5) is 11.7. The highest BCUT2D eigenvalue weighted by atomic mass is 32.2. The lowest BCUT2D eigenvalue weighted by atomic mass is 9.54. The quantitative estimate of drug-likeness (QED) is 0.765. The van der Waals surface area contributed by atoms with E-state index in [1.165, 1.54) is 6.42 Å². The third-order valence-electron chi connectivity index (χ3n) is 5.26. The number of carbonyl (C=O) groups is 1. The Morgan fingerprint density at radius 2 is 1.64 bits per heavy atom. The van der Waals surface area contributed by atoms with E-state index in [1.54, 1.807) is 0 Å². The molecule has 0 aromatic rings. The van der Waals surface area contributed by atoms with Crippen molar-refractivity contribution in [2.24, 2.45) is 23.7 Å². The average molecular weight is 339 g/mol. The second kappa shape index (κ2) is 5.30. The number of hydrogen-bond donors (Lipinski definition) is 2. The second-order valence-corrected chi connectivity index (χ2v) is 8.34. The van der Waals surface area contributed by atoms with Gasteiger partial charge >= 0.3 is 21.5 Å². The van der Waals surface area contributed by atoms with Gasteiger partial charge in [-0.05, 0) is 55.8 Å². The summed E-state index contributed by atoms with van der Waals surface area (Å²) in [5, 5.41) is -1.88. The number of amides is 1. The molecule has 4 saturated carbocycles. The molecule has 4 bridgehead atoms. The van der Waals surface area contributed by atoms with Gasteiger partial charge in [-0.1, -0.05) is 0 Å². The van der Waals surface area contributed by atoms with Gasteiger partial charge in [0.25, 0.3) is 0 Å². The van der Waals surface area contributed by atoms with E-state index in [2.05, 4.69) is 10.1 Å². The van der Waals surface area contributed by atoms with Gasteiger partial charge < -0.3 is 10.1 Å². The molecular weight excluding hydrogens is 320 g/mol. The molecule has 0 unspecified atom stereocenters. The first-order valence-corrected chi connectivity index (χ1v) is 8.88. The van der Waals surface area contributed by atoms with E-state index >= 15 is 0 Å². The number of carbonyl (C=O) groups excluding carboxylic acids is 1. The molecule has 4 aliphatic rings. The standard InChI is InChI=1S/C13H19F2NO5S/c14-13(15,22(18,19)20)6-21-12(17)16-11-9-2-7-1-8(4-9)5-10(11)3-7/h7-11H,1-6H2,(H,16,17)(H,18,19,20). The van der Waals surface area contributed by atoms with Gasteiger partial charge in [0.1, 0.15) is 0 Å². The number of ether oxygens (including phenoxy) is 1. The summed E-state index contributed by atoms with van der Waals surface area (Å²) < 4.78 is 59.6. The molecule has 4 rings (SSSR count). The van der Waals surface area contributed by atoms with E-state index in [-0.39, 0.29) is 6.04 Å². The van der Waals surface area contributed by atoms with Gasteiger partial charge in [-0.15, -0.1) is 0 Å². The molecule has 4 fully saturated rings. The van der Waals surface area contributed by atoms with Crippen molar-refractivity contribution in [2.45, 2.75) is 43.4 Å². The lowest BCUT2D eigenvalue weighted by Gasteiger charge is -2.54. The number of rotatable bonds is 4. The third-order valence-corrected chi connectivity index (χ3v) is 6.13. The van der Waals surface area contributed by atoms with E-state index in [9.17, 15) is 22.0 Å². The molecule has 9 heteroatoms. The van der Waals surface area contributed by atoms with E-state index in [0.29, 0.717) is 23.7 Å². The van der Waals surface area contributed by atoms with Gasteiger partial charge in [0.2, 0.25) is 0 Å². The monoisotopic (exact) mass is 339 g/mol. The van der Waals surface area contributed by atoms with E-state index < -0.39 is 28.1 Å². The van der Waals surface area contributed by atoms with Crippen molar-refractivity contribution < 1.29 is 31.3 Å². The minimum atomic E-state index is -5.59. The smallest absolute Gasteiger partial charge is 0.407 e. The Morgan fingerprint density at radius 1 is 1.14 bits per heavy atom. The molecular formula is C13H19F2NO5S. The minimum Gasteiger partial charge on any atom is -0.442 e. The Labute approximate surface area is 127 Å². The van der Waals surface area contributed by atoms with Crippen LogP contribution in [0.15, 0.2) is 0 Å². The molecule has 0 spiro atoms. The molecule has 22 heavy (non-hydrogen) atoms. The highest BCUT2D eigenvalue weighted by Gasteiger charge is 2.49. The highest BCUT2D eigenvalue weighted by Crippen LogP contribution is 2.53. The van der Waals surface area contributed by atoms with Gasteiger partial charge in [0.15, 0.2) is 6.61 Å². The third kappa shape index (κ3) is 2.92. The number of alkyl carbamates (subject to hydrolysis) is 1. The topological polar surface area (TPSA) is 92.7 Å². The Bertz CT molecular complexity index is 537. The van der Waals surface area contributed by atoms with Crippen LogP contribution in [-0.4, -0.2) is 37.0 Å². The fourth-order valence-electron chi connectivity index (χ4n) is 4.56. The van der Waals surface area contributed by atoms with Crippen LogP contribution in [0.2, 0.25) is 0 Å². The number of halogens is 2. The molecule has 0 heterocycles. The van der Waals surface area contributed by atoms with Crippen molar-refractivity contribution in [1.29, 1.82) is 0 Å². The van der Waals surface area contributed by atoms with Gasteiger partial charge in [0.05, 0.1) is 0 Å². The SMILES string of the molecule is O=C(NC1C2CC3CC(C2)CC1C3)OCC(F)(F)S(=O)(=O)O. The van der Waals surface area contributed by atoms with Gasteiger partial charge in [-0.3, -0.25) is 4.55 Å². The number of hydrogen-bond acceptors (Lipinski definition) is 4. The first-order chi connectivity index (χ1) is 10.2. The highest BCUT2D eigenvalue weighted by molar-refractivity contribution is 7.86. The van der Waals surface area contributed by atoms with Crippen molar-refractivity contribution in [1.82, 2.24) is 5.32 Å². The summed E-state index contributed by atoms with van der Waals surface area (Å²) in [6, 6.07) is -0.0837. The minimum absolute atomic E-state index is 0.0837. The number of alkyl halides is 2. The Hall–Kier alpha value is -0.960. The Morgan fingerprint density at radius 3 is 2.09 bits per heavy atom. The van der Waals surface area contributed by atoms with Gasteiger partial charge in [-0.2, -0.15) is 17.2 Å². The van der Waals surface area contributed by atoms with Crippen molar-refractivity contribution in [3.05, 3.63) is 0 Å².